The lowest BCUT2D eigenvalue weighted by molar-refractivity contribution is -0.183. The van der Waals surface area contributed by atoms with Gasteiger partial charge in [-0.2, -0.15) is 17.6 Å². The normalized spacial score (nSPS) is 37.6. The molecule has 4 bridgehead atoms. The van der Waals surface area contributed by atoms with Gasteiger partial charge in [0.2, 0.25) is 0 Å². The molecule has 1 N–H and O–H groups in total. The molecule has 0 aromatic heterocycles. The zero-order valence-corrected chi connectivity index (χ0v) is 14.8. The maximum Gasteiger partial charge on any atom is 0.371 e. The molecule has 4 aliphatic carbocycles. The van der Waals surface area contributed by atoms with Crippen molar-refractivity contribution in [3.63, 3.8) is 0 Å². The second-order valence-corrected chi connectivity index (χ2v) is 9.27. The van der Waals surface area contributed by atoms with Crippen LogP contribution < -0.4 is 0 Å². The summed E-state index contributed by atoms with van der Waals surface area (Å²) in [7, 11) is 0. The van der Waals surface area contributed by atoms with Crippen LogP contribution >= 0.6 is 0 Å². The van der Waals surface area contributed by atoms with Crippen molar-refractivity contribution in [2.75, 3.05) is 6.61 Å². The Kier molecular flexibility index (Phi) is 4.93. The first-order valence-electron chi connectivity index (χ1n) is 8.60. The van der Waals surface area contributed by atoms with Gasteiger partial charge in [-0.3, -0.25) is 9.00 Å². The van der Waals surface area contributed by atoms with Crippen LogP contribution in [0.1, 0.15) is 51.4 Å². The predicted octanol–water partition coefficient (Wildman–Crippen LogP) is 2.75. The van der Waals surface area contributed by atoms with E-state index in [0.717, 1.165) is 19.3 Å². The van der Waals surface area contributed by atoms with Crippen LogP contribution in [0.4, 0.5) is 17.6 Å². The third kappa shape index (κ3) is 3.64. The van der Waals surface area contributed by atoms with Crippen LogP contribution in [-0.4, -0.2) is 43.2 Å². The van der Waals surface area contributed by atoms with Crippen LogP contribution in [-0.2, 0) is 20.6 Å². The fourth-order valence-electron chi connectivity index (χ4n) is 5.53. The number of carbonyl (C=O) groups is 1. The molecule has 0 aromatic carbocycles. The minimum absolute atomic E-state index is 0.0439. The summed E-state index contributed by atoms with van der Waals surface area (Å²) in [6, 6.07) is 0. The van der Waals surface area contributed by atoms with Crippen molar-refractivity contribution in [2.24, 2.45) is 17.3 Å². The van der Waals surface area contributed by atoms with E-state index >= 15 is 0 Å². The van der Waals surface area contributed by atoms with Crippen molar-refractivity contribution in [3.05, 3.63) is 0 Å². The van der Waals surface area contributed by atoms with Crippen molar-refractivity contribution in [3.8, 4) is 0 Å². The van der Waals surface area contributed by atoms with E-state index in [-0.39, 0.29) is 6.42 Å². The van der Waals surface area contributed by atoms with E-state index in [1.165, 1.54) is 0 Å². The summed E-state index contributed by atoms with van der Waals surface area (Å²) in [6.07, 6.45) is 2.83. The predicted molar refractivity (Wildman–Crippen MR) is 81.1 cm³/mol. The van der Waals surface area contributed by atoms with E-state index in [0.29, 0.717) is 31.1 Å². The Labute approximate surface area is 150 Å². The summed E-state index contributed by atoms with van der Waals surface area (Å²) in [5.74, 6) is -4.93. The van der Waals surface area contributed by atoms with Crippen molar-refractivity contribution in [1.82, 2.24) is 0 Å². The molecule has 0 spiro atoms. The molecule has 4 saturated carbocycles. The summed E-state index contributed by atoms with van der Waals surface area (Å²) in [5.41, 5.74) is -1.20. The number of hydrogen-bond acceptors (Lipinski definition) is 5. The molecule has 26 heavy (non-hydrogen) atoms. The molecule has 150 valence electrons. The molecular formula is C16H21F4O5S-. The molecule has 3 unspecified atom stereocenters. The maximum atomic E-state index is 13.3. The standard InChI is InChI=1S/C16H22F4O5S/c17-15(18,16(19,20)26(23)24)1-2-25-12(21)8-13-4-10-3-11(5-13)7-14(22,6-10)9-13/h10-11,22H,1-9H2,(H,23,24)/p-1. The zero-order chi connectivity index (χ0) is 19.4. The Morgan fingerprint density at radius 2 is 1.77 bits per heavy atom. The molecule has 0 radical (unpaired) electrons. The van der Waals surface area contributed by atoms with Gasteiger partial charge in [0, 0.05) is 11.1 Å². The number of carbonyl (C=O) groups excluding carboxylic acids is 1. The fraction of sp³-hybridized carbons (Fsp3) is 0.938. The van der Waals surface area contributed by atoms with Crippen LogP contribution in [0.15, 0.2) is 0 Å². The van der Waals surface area contributed by atoms with E-state index in [9.17, 15) is 36.2 Å². The van der Waals surface area contributed by atoms with Crippen molar-refractivity contribution in [2.45, 2.75) is 68.1 Å². The quantitative estimate of drug-likeness (QED) is 0.403. The maximum absolute atomic E-state index is 13.3. The van der Waals surface area contributed by atoms with E-state index in [4.69, 9.17) is 0 Å². The first-order valence-corrected chi connectivity index (χ1v) is 9.67. The van der Waals surface area contributed by atoms with Gasteiger partial charge >= 0.3 is 17.1 Å². The highest BCUT2D eigenvalue weighted by atomic mass is 32.2. The SMILES string of the molecule is O=C(CC12CC3CC(CC(O)(C3)C1)C2)OCCC(F)(F)C(F)(F)S(=O)[O-]. The number of alkyl halides is 4. The minimum Gasteiger partial charge on any atom is -0.768 e. The van der Waals surface area contributed by atoms with Gasteiger partial charge in [0.05, 0.1) is 25.0 Å². The average molecular weight is 401 g/mol. The smallest absolute Gasteiger partial charge is 0.371 e. The number of ether oxygens (including phenoxy) is 1. The number of esters is 1. The van der Waals surface area contributed by atoms with Gasteiger partial charge in [-0.05, 0) is 55.8 Å². The molecule has 4 aliphatic rings. The van der Waals surface area contributed by atoms with Gasteiger partial charge in [-0.1, -0.05) is 0 Å². The van der Waals surface area contributed by atoms with Crippen LogP contribution in [0.25, 0.3) is 0 Å². The second kappa shape index (κ2) is 6.41. The molecule has 4 rings (SSSR count). The van der Waals surface area contributed by atoms with E-state index in [2.05, 4.69) is 4.74 Å². The van der Waals surface area contributed by atoms with Gasteiger partial charge in [0.25, 0.3) is 0 Å². The molecule has 10 heteroatoms. The van der Waals surface area contributed by atoms with Crippen molar-refractivity contribution < 1.29 is 41.0 Å². The highest BCUT2D eigenvalue weighted by molar-refractivity contribution is 7.80. The van der Waals surface area contributed by atoms with Gasteiger partial charge in [-0.15, -0.1) is 0 Å². The summed E-state index contributed by atoms with van der Waals surface area (Å²) < 4.78 is 77.7. The molecule has 0 aliphatic heterocycles. The number of halogens is 4. The summed E-state index contributed by atoms with van der Waals surface area (Å²) in [4.78, 5) is 12.0. The Morgan fingerprint density at radius 1 is 1.19 bits per heavy atom. The van der Waals surface area contributed by atoms with Crippen molar-refractivity contribution in [1.29, 1.82) is 0 Å². The Bertz CT molecular complexity index is 597. The molecule has 4 fully saturated rings. The van der Waals surface area contributed by atoms with Crippen LogP contribution in [0.5, 0.6) is 0 Å². The molecule has 3 atom stereocenters. The van der Waals surface area contributed by atoms with E-state index < -0.39 is 52.3 Å². The largest absolute Gasteiger partial charge is 0.768 e. The van der Waals surface area contributed by atoms with Gasteiger partial charge in [0.15, 0.2) is 0 Å². The van der Waals surface area contributed by atoms with Crippen LogP contribution in [0, 0.1) is 17.3 Å². The highest BCUT2D eigenvalue weighted by Crippen LogP contribution is 2.62. The van der Waals surface area contributed by atoms with Gasteiger partial charge < -0.3 is 14.4 Å². The third-order valence-corrected chi connectivity index (χ3v) is 6.70. The lowest BCUT2D eigenvalue weighted by atomic mass is 9.47. The third-order valence-electron chi connectivity index (χ3n) is 5.98. The van der Waals surface area contributed by atoms with Gasteiger partial charge in [0.1, 0.15) is 0 Å². The van der Waals surface area contributed by atoms with Crippen molar-refractivity contribution >= 4 is 17.0 Å². The lowest BCUT2D eigenvalue weighted by Gasteiger charge is -2.60. The Hall–Kier alpha value is -0.740. The number of aliphatic hydroxyl groups is 1. The Balaban J connectivity index is 1.53. The van der Waals surface area contributed by atoms with Gasteiger partial charge in [-0.25, -0.2) is 0 Å². The molecular weight excluding hydrogens is 380 g/mol. The minimum atomic E-state index is -5.22. The number of rotatable bonds is 7. The fourth-order valence-corrected chi connectivity index (χ4v) is 5.87. The molecule has 0 heterocycles. The summed E-state index contributed by atoms with van der Waals surface area (Å²) in [5, 5.41) is 5.39. The number of hydrogen-bond donors (Lipinski definition) is 1. The highest BCUT2D eigenvalue weighted by Gasteiger charge is 2.59. The molecule has 5 nitrogen and oxygen atoms in total. The van der Waals surface area contributed by atoms with E-state index in [1.54, 1.807) is 0 Å². The molecule has 0 saturated heterocycles. The summed E-state index contributed by atoms with van der Waals surface area (Å²) >= 11 is -4.28. The van der Waals surface area contributed by atoms with E-state index in [1.807, 2.05) is 0 Å². The topological polar surface area (TPSA) is 86.7 Å². The molecule has 0 aromatic rings. The summed E-state index contributed by atoms with van der Waals surface area (Å²) in [6.45, 7) is -0.994. The lowest BCUT2D eigenvalue weighted by Crippen LogP contribution is -2.56. The zero-order valence-electron chi connectivity index (χ0n) is 14.0. The molecule has 0 amide bonds. The second-order valence-electron chi connectivity index (χ2n) is 8.29. The Morgan fingerprint density at radius 3 is 2.27 bits per heavy atom. The van der Waals surface area contributed by atoms with Crippen LogP contribution in [0.2, 0.25) is 0 Å². The average Bonchev–Trinajstić information content (AvgIpc) is 2.42. The first-order chi connectivity index (χ1) is 11.9. The van der Waals surface area contributed by atoms with Crippen LogP contribution in [0.3, 0.4) is 0 Å². The monoisotopic (exact) mass is 401 g/mol. The first kappa shape index (κ1) is 20.0.